The minimum absolute atomic E-state index is 0. The van der Waals surface area contributed by atoms with E-state index in [0.717, 1.165) is 31.5 Å². The van der Waals surface area contributed by atoms with Gasteiger partial charge in [-0.05, 0) is 68.3 Å². The van der Waals surface area contributed by atoms with Gasteiger partial charge in [0.15, 0.2) is 0 Å². The molecule has 1 aliphatic carbocycles. The van der Waals surface area contributed by atoms with E-state index in [9.17, 15) is 9.18 Å². The Morgan fingerprint density at radius 3 is 2.60 bits per heavy atom. The van der Waals surface area contributed by atoms with Crippen molar-refractivity contribution in [3.63, 3.8) is 0 Å². The monoisotopic (exact) mass is 368 g/mol. The van der Waals surface area contributed by atoms with E-state index in [4.69, 9.17) is 0 Å². The van der Waals surface area contributed by atoms with Crippen LogP contribution in [0.25, 0.3) is 0 Å². The SMILES string of the molecule is CC(CC(=O)NCC1(c2ccc(F)cc2)CCC1)C1CCCNC1.Cl. The zero-order chi connectivity index (χ0) is 17.0. The molecule has 1 saturated carbocycles. The van der Waals surface area contributed by atoms with Crippen molar-refractivity contribution in [1.82, 2.24) is 10.6 Å². The molecule has 1 saturated heterocycles. The average molecular weight is 369 g/mol. The predicted molar refractivity (Wildman–Crippen MR) is 102 cm³/mol. The number of piperidine rings is 1. The highest BCUT2D eigenvalue weighted by Gasteiger charge is 2.39. The second kappa shape index (κ2) is 9.00. The van der Waals surface area contributed by atoms with Gasteiger partial charge >= 0.3 is 0 Å². The van der Waals surface area contributed by atoms with Gasteiger partial charge in [-0.3, -0.25) is 4.79 Å². The van der Waals surface area contributed by atoms with Crippen molar-refractivity contribution in [2.75, 3.05) is 19.6 Å². The van der Waals surface area contributed by atoms with Crippen LogP contribution in [0.3, 0.4) is 0 Å². The average Bonchev–Trinajstić information content (AvgIpc) is 2.56. The van der Waals surface area contributed by atoms with Crippen LogP contribution in [0.15, 0.2) is 24.3 Å². The first-order valence-corrected chi connectivity index (χ1v) is 9.32. The Hall–Kier alpha value is -1.13. The third-order valence-corrected chi connectivity index (χ3v) is 6.04. The van der Waals surface area contributed by atoms with Crippen LogP contribution in [0.2, 0.25) is 0 Å². The summed E-state index contributed by atoms with van der Waals surface area (Å²) in [6.07, 6.45) is 6.36. The Morgan fingerprint density at radius 2 is 2.04 bits per heavy atom. The van der Waals surface area contributed by atoms with Gasteiger partial charge in [-0.2, -0.15) is 0 Å². The molecular formula is C20H30ClFN2O. The molecule has 140 valence electrons. The van der Waals surface area contributed by atoms with E-state index < -0.39 is 0 Å². The molecule has 1 aromatic rings. The number of hydrogen-bond acceptors (Lipinski definition) is 2. The fourth-order valence-electron chi connectivity index (χ4n) is 4.14. The fourth-order valence-corrected chi connectivity index (χ4v) is 4.14. The number of nitrogens with one attached hydrogen (secondary N) is 2. The molecule has 2 unspecified atom stereocenters. The maximum atomic E-state index is 13.2. The van der Waals surface area contributed by atoms with Crippen LogP contribution in [0.4, 0.5) is 4.39 Å². The van der Waals surface area contributed by atoms with Gasteiger partial charge in [0.05, 0.1) is 0 Å². The minimum atomic E-state index is -0.202. The fraction of sp³-hybridized carbons (Fsp3) is 0.650. The molecular weight excluding hydrogens is 339 g/mol. The smallest absolute Gasteiger partial charge is 0.220 e. The second-order valence-corrected chi connectivity index (χ2v) is 7.71. The summed E-state index contributed by atoms with van der Waals surface area (Å²) in [6, 6.07) is 6.79. The van der Waals surface area contributed by atoms with Crippen molar-refractivity contribution in [3.05, 3.63) is 35.6 Å². The maximum absolute atomic E-state index is 13.2. The van der Waals surface area contributed by atoms with Crippen LogP contribution >= 0.6 is 12.4 Å². The Bertz CT molecular complexity index is 553. The number of benzene rings is 1. The van der Waals surface area contributed by atoms with Crippen LogP contribution < -0.4 is 10.6 Å². The number of rotatable bonds is 6. The first-order chi connectivity index (χ1) is 11.6. The van der Waals surface area contributed by atoms with E-state index in [1.165, 1.54) is 31.4 Å². The number of hydrogen-bond donors (Lipinski definition) is 2. The lowest BCUT2D eigenvalue weighted by Crippen LogP contribution is -2.46. The molecule has 1 aliphatic heterocycles. The van der Waals surface area contributed by atoms with Crippen LogP contribution in [0.5, 0.6) is 0 Å². The van der Waals surface area contributed by atoms with Crippen LogP contribution in [0, 0.1) is 17.7 Å². The van der Waals surface area contributed by atoms with Crippen molar-refractivity contribution in [2.45, 2.75) is 50.9 Å². The molecule has 2 N–H and O–H groups in total. The van der Waals surface area contributed by atoms with Crippen LogP contribution in [-0.4, -0.2) is 25.5 Å². The predicted octanol–water partition coefficient (Wildman–Crippen LogP) is 3.81. The van der Waals surface area contributed by atoms with E-state index >= 15 is 0 Å². The molecule has 0 bridgehead atoms. The summed E-state index contributed by atoms with van der Waals surface area (Å²) in [5.74, 6) is 0.980. The highest BCUT2D eigenvalue weighted by Crippen LogP contribution is 2.43. The second-order valence-electron chi connectivity index (χ2n) is 7.71. The summed E-state index contributed by atoms with van der Waals surface area (Å²) in [7, 11) is 0. The molecule has 0 aromatic heterocycles. The molecule has 0 radical (unpaired) electrons. The van der Waals surface area contributed by atoms with Gasteiger partial charge < -0.3 is 10.6 Å². The summed E-state index contributed by atoms with van der Waals surface area (Å²) < 4.78 is 13.2. The van der Waals surface area contributed by atoms with Gasteiger partial charge in [-0.1, -0.05) is 25.5 Å². The third-order valence-electron chi connectivity index (χ3n) is 6.04. The topological polar surface area (TPSA) is 41.1 Å². The Kier molecular flexibility index (Phi) is 7.26. The lowest BCUT2D eigenvalue weighted by Gasteiger charge is -2.42. The molecule has 1 heterocycles. The zero-order valence-corrected chi connectivity index (χ0v) is 15.8. The Labute approximate surface area is 156 Å². The Morgan fingerprint density at radius 1 is 1.32 bits per heavy atom. The lowest BCUT2D eigenvalue weighted by atomic mass is 9.64. The van der Waals surface area contributed by atoms with E-state index in [-0.39, 0.29) is 29.5 Å². The Balaban J connectivity index is 0.00000225. The van der Waals surface area contributed by atoms with E-state index in [2.05, 4.69) is 17.6 Å². The van der Waals surface area contributed by atoms with Crippen molar-refractivity contribution >= 4 is 18.3 Å². The van der Waals surface area contributed by atoms with Crippen molar-refractivity contribution in [1.29, 1.82) is 0 Å². The van der Waals surface area contributed by atoms with E-state index in [1.54, 1.807) is 0 Å². The van der Waals surface area contributed by atoms with Crippen molar-refractivity contribution in [3.8, 4) is 0 Å². The summed E-state index contributed by atoms with van der Waals surface area (Å²) in [5.41, 5.74) is 1.17. The molecule has 25 heavy (non-hydrogen) atoms. The molecule has 3 rings (SSSR count). The largest absolute Gasteiger partial charge is 0.355 e. The zero-order valence-electron chi connectivity index (χ0n) is 15.0. The molecule has 2 aliphatic rings. The van der Waals surface area contributed by atoms with Gasteiger partial charge in [0.25, 0.3) is 0 Å². The quantitative estimate of drug-likeness (QED) is 0.801. The molecule has 3 nitrogen and oxygen atoms in total. The first kappa shape index (κ1) is 20.2. The molecule has 2 atom stereocenters. The first-order valence-electron chi connectivity index (χ1n) is 9.32. The van der Waals surface area contributed by atoms with Crippen molar-refractivity contribution < 1.29 is 9.18 Å². The summed E-state index contributed by atoms with van der Waals surface area (Å²) in [5, 5.41) is 6.58. The lowest BCUT2D eigenvalue weighted by molar-refractivity contribution is -0.122. The third kappa shape index (κ3) is 4.95. The van der Waals surface area contributed by atoms with Gasteiger partial charge in [-0.15, -0.1) is 12.4 Å². The molecule has 0 spiro atoms. The molecule has 2 fully saturated rings. The number of carbonyl (C=O) groups excluding carboxylic acids is 1. The maximum Gasteiger partial charge on any atom is 0.220 e. The summed E-state index contributed by atoms with van der Waals surface area (Å²) in [6.45, 7) is 5.01. The number of halogens is 2. The van der Waals surface area contributed by atoms with Crippen LogP contribution in [-0.2, 0) is 10.2 Å². The summed E-state index contributed by atoms with van der Waals surface area (Å²) >= 11 is 0. The highest BCUT2D eigenvalue weighted by atomic mass is 35.5. The number of amides is 1. The van der Waals surface area contributed by atoms with Crippen molar-refractivity contribution in [2.24, 2.45) is 11.8 Å². The van der Waals surface area contributed by atoms with Gasteiger partial charge in [0.1, 0.15) is 5.82 Å². The van der Waals surface area contributed by atoms with Gasteiger partial charge in [0, 0.05) is 18.4 Å². The molecule has 1 amide bonds. The number of carbonyl (C=O) groups is 1. The van der Waals surface area contributed by atoms with E-state index in [1.807, 2.05) is 12.1 Å². The molecule has 5 heteroatoms. The van der Waals surface area contributed by atoms with Crippen LogP contribution in [0.1, 0.15) is 51.0 Å². The van der Waals surface area contributed by atoms with E-state index in [0.29, 0.717) is 24.8 Å². The normalized spacial score (nSPS) is 23.0. The standard InChI is InChI=1S/C20H29FN2O.ClH/c1-15(16-4-2-11-22-13-16)12-19(24)23-14-20(9-3-10-20)17-5-7-18(21)8-6-17;/h5-8,15-16,22H,2-4,9-14H2,1H3,(H,23,24);1H. The minimum Gasteiger partial charge on any atom is -0.355 e. The highest BCUT2D eigenvalue weighted by molar-refractivity contribution is 5.85. The van der Waals surface area contributed by atoms with Gasteiger partial charge in [0.2, 0.25) is 5.91 Å². The van der Waals surface area contributed by atoms with Gasteiger partial charge in [-0.25, -0.2) is 4.39 Å². The molecule has 1 aromatic carbocycles. The summed E-state index contributed by atoms with van der Waals surface area (Å²) in [4.78, 5) is 12.4.